The molecule has 0 spiro atoms. The van der Waals surface area contributed by atoms with Crippen LogP contribution >= 0.6 is 0 Å². The Morgan fingerprint density at radius 1 is 1.56 bits per heavy atom. The van der Waals surface area contributed by atoms with Crippen molar-refractivity contribution in [2.45, 2.75) is 6.42 Å². The minimum atomic E-state index is -0.777. The summed E-state index contributed by atoms with van der Waals surface area (Å²) in [5.41, 5.74) is 0. The van der Waals surface area contributed by atoms with Gasteiger partial charge in [-0.05, 0) is 0 Å². The minimum absolute atomic E-state index is 0.131. The maximum atomic E-state index is 10.5. The zero-order valence-electron chi connectivity index (χ0n) is 4.66. The van der Waals surface area contributed by atoms with Crippen LogP contribution in [0.3, 0.4) is 0 Å². The number of Topliss-reactive ketones (excluding diaryl/α,β-unsaturated/α-hetero) is 1. The summed E-state index contributed by atoms with van der Waals surface area (Å²) in [7, 11) is 4.91. The average molecular weight is 127 g/mol. The van der Waals surface area contributed by atoms with Crippen LogP contribution in [0.1, 0.15) is 6.42 Å². The van der Waals surface area contributed by atoms with Crippen molar-refractivity contribution in [1.82, 2.24) is 5.06 Å². The first-order valence-corrected chi connectivity index (χ1v) is 2.46. The van der Waals surface area contributed by atoms with Crippen LogP contribution in [-0.4, -0.2) is 23.4 Å². The van der Waals surface area contributed by atoms with Crippen molar-refractivity contribution in [2.75, 3.05) is 6.61 Å². The van der Waals surface area contributed by atoms with Gasteiger partial charge in [0.05, 0.1) is 6.61 Å². The summed E-state index contributed by atoms with van der Waals surface area (Å²) < 4.78 is 0. The number of ketones is 1. The number of carbonyl (C=O) groups is 2. The number of hydrogen-bond acceptors (Lipinski definition) is 3. The number of nitrogens with zero attached hydrogens (tertiary/aromatic N) is 1. The van der Waals surface area contributed by atoms with Gasteiger partial charge in [0, 0.05) is 6.42 Å². The van der Waals surface area contributed by atoms with Gasteiger partial charge >= 0.3 is 5.91 Å². The molecule has 0 aromatic rings. The maximum Gasteiger partial charge on any atom is 0.313 e. The van der Waals surface area contributed by atoms with Crippen LogP contribution in [-0.2, 0) is 14.4 Å². The van der Waals surface area contributed by atoms with E-state index in [4.69, 9.17) is 7.05 Å². The molecule has 1 rings (SSSR count). The Hall–Kier alpha value is -0.900. The van der Waals surface area contributed by atoms with Crippen molar-refractivity contribution in [3.05, 3.63) is 7.05 Å². The van der Waals surface area contributed by atoms with E-state index in [0.717, 1.165) is 0 Å². The summed E-state index contributed by atoms with van der Waals surface area (Å²) in [5.74, 6) is -1.27. The largest absolute Gasteiger partial charge is 0.313 e. The van der Waals surface area contributed by atoms with Crippen LogP contribution in [0.4, 0.5) is 0 Å². The molecule has 4 heteroatoms. The van der Waals surface area contributed by atoms with E-state index in [2.05, 4.69) is 4.84 Å². The highest BCUT2D eigenvalue weighted by Gasteiger charge is 2.24. The molecule has 1 aliphatic heterocycles. The summed E-state index contributed by atoms with van der Waals surface area (Å²) in [4.78, 5) is 25.4. The third-order valence-electron chi connectivity index (χ3n) is 0.998. The zero-order chi connectivity index (χ0) is 6.85. The molecule has 48 valence electrons. The van der Waals surface area contributed by atoms with Gasteiger partial charge < -0.3 is 0 Å². The average Bonchev–Trinajstić information content (AvgIpc) is 1.83. The van der Waals surface area contributed by atoms with Crippen LogP contribution < -0.4 is 0 Å². The highest BCUT2D eigenvalue weighted by atomic mass is 16.7. The number of rotatable bonds is 0. The van der Waals surface area contributed by atoms with Gasteiger partial charge in [0.15, 0.2) is 0 Å². The molecule has 0 aromatic carbocycles. The molecule has 1 saturated heterocycles. The molecule has 1 aliphatic rings. The van der Waals surface area contributed by atoms with Gasteiger partial charge in [-0.25, -0.2) is 5.06 Å². The smallest absolute Gasteiger partial charge is 0.289 e. The molecular weight excluding hydrogens is 122 g/mol. The van der Waals surface area contributed by atoms with Crippen LogP contribution in [0.2, 0.25) is 0 Å². The molecular formula is C5H5NO3. The second-order valence-corrected chi connectivity index (χ2v) is 1.64. The SMILES string of the molecule is [CH]N1OCCC(=O)C1=O. The Bertz CT molecular complexity index is 154. The molecule has 4 nitrogen and oxygen atoms in total. The second kappa shape index (κ2) is 2.14. The van der Waals surface area contributed by atoms with Gasteiger partial charge in [0.25, 0.3) is 0 Å². The van der Waals surface area contributed by atoms with Crippen molar-refractivity contribution in [1.29, 1.82) is 0 Å². The van der Waals surface area contributed by atoms with Crippen molar-refractivity contribution < 1.29 is 14.4 Å². The van der Waals surface area contributed by atoms with E-state index in [1.807, 2.05) is 0 Å². The van der Waals surface area contributed by atoms with Crippen LogP contribution in [0.15, 0.2) is 0 Å². The molecule has 0 atom stereocenters. The van der Waals surface area contributed by atoms with E-state index in [-0.39, 0.29) is 13.0 Å². The number of hydrogen-bond donors (Lipinski definition) is 0. The Morgan fingerprint density at radius 2 is 2.22 bits per heavy atom. The van der Waals surface area contributed by atoms with Crippen LogP contribution in [0, 0.1) is 7.05 Å². The third kappa shape index (κ3) is 1.08. The van der Waals surface area contributed by atoms with Crippen LogP contribution in [0.25, 0.3) is 0 Å². The van der Waals surface area contributed by atoms with E-state index in [9.17, 15) is 9.59 Å². The third-order valence-corrected chi connectivity index (χ3v) is 0.998. The van der Waals surface area contributed by atoms with E-state index in [1.165, 1.54) is 0 Å². The Morgan fingerprint density at radius 3 is 2.67 bits per heavy atom. The zero-order valence-corrected chi connectivity index (χ0v) is 4.66. The lowest BCUT2D eigenvalue weighted by molar-refractivity contribution is -0.185. The molecule has 0 aliphatic carbocycles. The first kappa shape index (κ1) is 6.22. The summed E-state index contributed by atoms with van der Waals surface area (Å²) in [5, 5.41) is 0.464. The van der Waals surface area contributed by atoms with Gasteiger partial charge in [0.2, 0.25) is 5.78 Å². The normalized spacial score (nSPS) is 20.8. The van der Waals surface area contributed by atoms with Gasteiger partial charge in [0.1, 0.15) is 7.05 Å². The first-order chi connectivity index (χ1) is 4.22. The lowest BCUT2D eigenvalue weighted by Crippen LogP contribution is -2.37. The Balaban J connectivity index is 2.62. The molecule has 1 heterocycles. The molecule has 0 aromatic heterocycles. The standard InChI is InChI=1S/C5H5NO3/c1-6-5(8)4(7)2-3-9-6/h1H,2-3H2. The first-order valence-electron chi connectivity index (χ1n) is 2.46. The summed E-state index contributed by atoms with van der Waals surface area (Å²) >= 11 is 0. The van der Waals surface area contributed by atoms with Crippen molar-refractivity contribution >= 4 is 11.7 Å². The molecule has 2 radical (unpaired) electrons. The highest BCUT2D eigenvalue weighted by Crippen LogP contribution is 2.01. The van der Waals surface area contributed by atoms with Crippen LogP contribution in [0.5, 0.6) is 0 Å². The fourth-order valence-electron chi connectivity index (χ4n) is 0.525. The lowest BCUT2D eigenvalue weighted by Gasteiger charge is -2.18. The van der Waals surface area contributed by atoms with E-state index < -0.39 is 11.7 Å². The molecule has 1 fully saturated rings. The van der Waals surface area contributed by atoms with Crippen molar-refractivity contribution in [3.63, 3.8) is 0 Å². The molecule has 0 N–H and O–H groups in total. The second-order valence-electron chi connectivity index (χ2n) is 1.64. The maximum absolute atomic E-state index is 10.5. The van der Waals surface area contributed by atoms with Gasteiger partial charge in [-0.2, -0.15) is 0 Å². The summed E-state index contributed by atoms with van der Waals surface area (Å²) in [6.07, 6.45) is 0.131. The minimum Gasteiger partial charge on any atom is -0.289 e. The van der Waals surface area contributed by atoms with E-state index >= 15 is 0 Å². The Labute approximate surface area is 52.3 Å². The van der Waals surface area contributed by atoms with E-state index in [0.29, 0.717) is 5.06 Å². The quantitative estimate of drug-likeness (QED) is 0.408. The number of amides is 1. The van der Waals surface area contributed by atoms with Crippen molar-refractivity contribution in [2.24, 2.45) is 0 Å². The topological polar surface area (TPSA) is 46.6 Å². The van der Waals surface area contributed by atoms with E-state index in [1.54, 1.807) is 0 Å². The van der Waals surface area contributed by atoms with Gasteiger partial charge in [-0.3, -0.25) is 14.4 Å². The van der Waals surface area contributed by atoms with Gasteiger partial charge in [-0.15, -0.1) is 0 Å². The summed E-state index contributed by atoms with van der Waals surface area (Å²) in [6, 6.07) is 0. The predicted molar refractivity (Wildman–Crippen MR) is 26.7 cm³/mol. The molecule has 1 amide bonds. The fourth-order valence-corrected chi connectivity index (χ4v) is 0.525. The van der Waals surface area contributed by atoms with Crippen molar-refractivity contribution in [3.8, 4) is 0 Å². The fraction of sp³-hybridized carbons (Fsp3) is 0.400. The predicted octanol–water partition coefficient (Wildman–Crippen LogP) is -0.612. The number of hydroxylamine groups is 2. The highest BCUT2D eigenvalue weighted by molar-refractivity contribution is 6.36. The molecule has 0 unspecified atom stereocenters. The molecule has 9 heavy (non-hydrogen) atoms. The number of carbonyl (C=O) groups excluding carboxylic acids is 2. The monoisotopic (exact) mass is 127 g/mol. The molecule has 0 bridgehead atoms. The molecule has 0 saturated carbocycles. The lowest BCUT2D eigenvalue weighted by atomic mass is 10.2. The van der Waals surface area contributed by atoms with Gasteiger partial charge in [-0.1, -0.05) is 0 Å². The summed E-state index contributed by atoms with van der Waals surface area (Å²) in [6.45, 7) is 0.196. The Kier molecular flexibility index (Phi) is 1.48.